The summed E-state index contributed by atoms with van der Waals surface area (Å²) in [5, 5.41) is 13.5. The Kier molecular flexibility index (Phi) is 4.52. The largest absolute Gasteiger partial charge is 0.304 e. The summed E-state index contributed by atoms with van der Waals surface area (Å²) in [6.45, 7) is 8.47. The topological polar surface area (TPSA) is 59.0 Å². The zero-order chi connectivity index (χ0) is 18.1. The van der Waals surface area contributed by atoms with E-state index in [0.29, 0.717) is 0 Å². The highest BCUT2D eigenvalue weighted by Gasteiger charge is 2.29. The number of para-hydroxylation sites is 2. The zero-order valence-electron chi connectivity index (χ0n) is 15.6. The van der Waals surface area contributed by atoms with Crippen molar-refractivity contribution < 1.29 is 4.40 Å². The zero-order valence-corrected chi connectivity index (χ0v) is 15.6. The minimum Gasteiger partial charge on any atom is -0.304 e. The van der Waals surface area contributed by atoms with Crippen LogP contribution in [0.15, 0.2) is 24.3 Å². The summed E-state index contributed by atoms with van der Waals surface area (Å²) in [7, 11) is 0. The maximum absolute atomic E-state index is 9.82. The van der Waals surface area contributed by atoms with Crippen LogP contribution in [0.5, 0.6) is 0 Å². The first kappa shape index (κ1) is 16.9. The Morgan fingerprint density at radius 2 is 1.96 bits per heavy atom. The summed E-state index contributed by atoms with van der Waals surface area (Å²) in [5.41, 5.74) is 6.47. The molecule has 5 heteroatoms. The van der Waals surface area contributed by atoms with Crippen molar-refractivity contribution in [2.75, 3.05) is 31.5 Å². The van der Waals surface area contributed by atoms with Gasteiger partial charge < -0.3 is 10.2 Å². The van der Waals surface area contributed by atoms with E-state index in [0.717, 1.165) is 73.5 Å². The third-order valence-electron chi connectivity index (χ3n) is 5.61. The van der Waals surface area contributed by atoms with Crippen molar-refractivity contribution in [3.8, 4) is 6.07 Å². The van der Waals surface area contributed by atoms with Crippen LogP contribution in [-0.4, -0.2) is 36.1 Å². The average molecular weight is 348 g/mol. The number of benzene rings is 1. The number of likely N-dealkylation sites (N-methyl/N-ethyl adjacent to an activating group) is 1. The molecule has 0 atom stereocenters. The molecule has 3 aromatic rings. The van der Waals surface area contributed by atoms with Crippen LogP contribution in [-0.2, 0) is 12.8 Å². The van der Waals surface area contributed by atoms with E-state index in [1.54, 1.807) is 0 Å². The molecule has 0 fully saturated rings. The molecule has 0 saturated heterocycles. The van der Waals surface area contributed by atoms with Gasteiger partial charge in [0.25, 0.3) is 0 Å². The van der Waals surface area contributed by atoms with Gasteiger partial charge in [-0.25, -0.2) is 0 Å². The molecule has 134 valence electrons. The Hall–Kier alpha value is -2.58. The van der Waals surface area contributed by atoms with Gasteiger partial charge in [0.15, 0.2) is 0 Å². The van der Waals surface area contributed by atoms with E-state index in [2.05, 4.69) is 57.7 Å². The molecule has 0 amide bonds. The van der Waals surface area contributed by atoms with E-state index in [1.165, 1.54) is 11.1 Å². The number of aromatic nitrogens is 2. The second-order valence-corrected chi connectivity index (χ2v) is 6.93. The van der Waals surface area contributed by atoms with E-state index in [4.69, 9.17) is 0 Å². The highest BCUT2D eigenvalue weighted by atomic mass is 15.2. The summed E-state index contributed by atoms with van der Waals surface area (Å²) >= 11 is 0. The molecule has 2 heterocycles. The molecule has 1 aliphatic rings. The normalized spacial score (nSPS) is 13.5. The summed E-state index contributed by atoms with van der Waals surface area (Å²) in [5.74, 6) is 1.16. The molecule has 0 bridgehead atoms. The number of nitrogens with one attached hydrogen (secondary N) is 2. The fourth-order valence-electron chi connectivity index (χ4n) is 4.22. The lowest BCUT2D eigenvalue weighted by Crippen LogP contribution is -2.33. The molecule has 5 nitrogen and oxygen atoms in total. The second-order valence-electron chi connectivity index (χ2n) is 6.93. The molecular weight excluding hydrogens is 322 g/mol. The van der Waals surface area contributed by atoms with Gasteiger partial charge in [0.05, 0.1) is 6.54 Å². The monoisotopic (exact) mass is 348 g/mol. The van der Waals surface area contributed by atoms with Crippen molar-refractivity contribution in [2.24, 2.45) is 0 Å². The Balaban J connectivity index is 1.86. The number of aromatic amines is 1. The number of nitrogens with zero attached hydrogens (tertiary/aromatic N) is 3. The van der Waals surface area contributed by atoms with Crippen LogP contribution in [0.1, 0.15) is 37.0 Å². The van der Waals surface area contributed by atoms with Crippen molar-refractivity contribution in [3.63, 3.8) is 0 Å². The lowest BCUT2D eigenvalue weighted by molar-refractivity contribution is -0.465. The first-order chi connectivity index (χ1) is 12.8. The van der Waals surface area contributed by atoms with Crippen molar-refractivity contribution in [1.29, 1.82) is 5.26 Å². The molecule has 0 spiro atoms. The Bertz CT molecular complexity index is 991. The SMILES string of the molecule is CCN(CC)CCNc1c2c(c(C#N)c3[nH]c4ccccc4[n+]13)CCC2. The lowest BCUT2D eigenvalue weighted by atomic mass is 10.1. The standard InChI is InChI=1S/C21H25N5/c1-3-25(4-2)13-12-23-20-16-9-7-8-15(16)17(14-22)21-24-18-10-5-6-11-19(18)26(20)21/h5-6,10-11H,3-4,7-9,12-13H2,1-2H3,(H,23,24)/p+1. The predicted molar refractivity (Wildman–Crippen MR) is 104 cm³/mol. The summed E-state index contributed by atoms with van der Waals surface area (Å²) in [6, 6.07) is 10.8. The number of hydrogen-bond donors (Lipinski definition) is 2. The second kappa shape index (κ2) is 6.97. The number of anilines is 1. The maximum Gasteiger partial charge on any atom is 0.250 e. The van der Waals surface area contributed by atoms with Crippen LogP contribution >= 0.6 is 0 Å². The fraction of sp³-hybridized carbons (Fsp3) is 0.429. The first-order valence-electron chi connectivity index (χ1n) is 9.65. The van der Waals surface area contributed by atoms with Crippen LogP contribution in [0.2, 0.25) is 0 Å². The van der Waals surface area contributed by atoms with Crippen molar-refractivity contribution >= 4 is 22.5 Å². The highest BCUT2D eigenvalue weighted by Crippen LogP contribution is 2.32. The quantitative estimate of drug-likeness (QED) is 0.673. The molecule has 2 N–H and O–H groups in total. The Labute approximate surface area is 154 Å². The number of imidazole rings is 1. The molecule has 1 aliphatic carbocycles. The maximum atomic E-state index is 9.82. The van der Waals surface area contributed by atoms with E-state index >= 15 is 0 Å². The number of rotatable bonds is 6. The van der Waals surface area contributed by atoms with Gasteiger partial charge in [-0.05, 0) is 50.0 Å². The van der Waals surface area contributed by atoms with Crippen LogP contribution in [0, 0.1) is 11.3 Å². The molecule has 0 saturated carbocycles. The molecule has 1 aromatic carbocycles. The smallest absolute Gasteiger partial charge is 0.250 e. The summed E-state index contributed by atoms with van der Waals surface area (Å²) in [6.07, 6.45) is 3.16. The third kappa shape index (κ3) is 2.62. The molecule has 26 heavy (non-hydrogen) atoms. The van der Waals surface area contributed by atoms with E-state index in [1.807, 2.05) is 6.07 Å². The van der Waals surface area contributed by atoms with E-state index in [9.17, 15) is 5.26 Å². The Morgan fingerprint density at radius 1 is 1.19 bits per heavy atom. The van der Waals surface area contributed by atoms with Crippen molar-refractivity contribution in [1.82, 2.24) is 9.88 Å². The summed E-state index contributed by atoms with van der Waals surface area (Å²) < 4.78 is 2.22. The van der Waals surface area contributed by atoms with Crippen LogP contribution in [0.4, 0.5) is 5.82 Å². The van der Waals surface area contributed by atoms with Gasteiger partial charge in [-0.2, -0.15) is 9.66 Å². The third-order valence-corrected chi connectivity index (χ3v) is 5.61. The van der Waals surface area contributed by atoms with Crippen molar-refractivity contribution in [3.05, 3.63) is 41.0 Å². The average Bonchev–Trinajstić information content (AvgIpc) is 3.29. The number of pyridine rings is 1. The van der Waals surface area contributed by atoms with Gasteiger partial charge in [-0.15, -0.1) is 0 Å². The van der Waals surface area contributed by atoms with Crippen LogP contribution in [0.25, 0.3) is 16.7 Å². The number of nitriles is 1. The highest BCUT2D eigenvalue weighted by molar-refractivity contribution is 5.78. The lowest BCUT2D eigenvalue weighted by Gasteiger charge is -2.18. The van der Waals surface area contributed by atoms with Crippen LogP contribution in [0.3, 0.4) is 0 Å². The number of fused-ring (bicyclic) bond motifs is 4. The van der Waals surface area contributed by atoms with Gasteiger partial charge in [0, 0.05) is 12.1 Å². The van der Waals surface area contributed by atoms with Gasteiger partial charge in [-0.1, -0.05) is 26.0 Å². The Morgan fingerprint density at radius 3 is 2.73 bits per heavy atom. The molecule has 0 aliphatic heterocycles. The fourth-order valence-corrected chi connectivity index (χ4v) is 4.22. The summed E-state index contributed by atoms with van der Waals surface area (Å²) in [4.78, 5) is 5.90. The van der Waals surface area contributed by atoms with E-state index in [-0.39, 0.29) is 0 Å². The molecule has 2 aromatic heterocycles. The van der Waals surface area contributed by atoms with Gasteiger partial charge in [-0.3, -0.25) is 4.98 Å². The molecular formula is C21H26N5+. The van der Waals surface area contributed by atoms with Crippen LogP contribution < -0.4 is 9.72 Å². The van der Waals surface area contributed by atoms with E-state index < -0.39 is 0 Å². The number of H-pyrrole nitrogens is 1. The molecule has 4 rings (SSSR count). The van der Waals surface area contributed by atoms with Crippen molar-refractivity contribution in [2.45, 2.75) is 33.1 Å². The van der Waals surface area contributed by atoms with Gasteiger partial charge >= 0.3 is 0 Å². The molecule has 0 radical (unpaired) electrons. The number of hydrogen-bond acceptors (Lipinski definition) is 3. The first-order valence-corrected chi connectivity index (χ1v) is 9.65. The van der Waals surface area contributed by atoms with Gasteiger partial charge in [0.1, 0.15) is 22.7 Å². The predicted octanol–water partition coefficient (Wildman–Crippen LogP) is 3.02. The molecule has 0 unspecified atom stereocenters. The minimum absolute atomic E-state index is 0.808. The van der Waals surface area contributed by atoms with Gasteiger partial charge in [0.2, 0.25) is 11.5 Å². The minimum atomic E-state index is 0.808.